The number of ketones is 1. The standard InChI is InChI=1S/C13H19NO/c1-7-8(2)11(14-9(7)3)12(15)10-6-13(10,4)5/h10,14H,6H2,1-5H3. The van der Waals surface area contributed by atoms with Crippen molar-refractivity contribution in [2.24, 2.45) is 11.3 Å². The van der Waals surface area contributed by atoms with Gasteiger partial charge in [0.2, 0.25) is 0 Å². The lowest BCUT2D eigenvalue weighted by Gasteiger charge is -2.02. The Labute approximate surface area is 91.1 Å². The molecule has 2 nitrogen and oxygen atoms in total. The third-order valence-corrected chi connectivity index (χ3v) is 3.89. The van der Waals surface area contributed by atoms with Crippen LogP contribution in [0.3, 0.4) is 0 Å². The van der Waals surface area contributed by atoms with Gasteiger partial charge in [-0.2, -0.15) is 0 Å². The molecule has 1 aromatic rings. The highest BCUT2D eigenvalue weighted by atomic mass is 16.1. The molecule has 0 bridgehead atoms. The molecule has 1 heterocycles. The molecular formula is C13H19NO. The van der Waals surface area contributed by atoms with Gasteiger partial charge in [0.1, 0.15) is 0 Å². The fourth-order valence-corrected chi connectivity index (χ4v) is 2.18. The van der Waals surface area contributed by atoms with Gasteiger partial charge in [0.15, 0.2) is 5.78 Å². The number of carbonyl (C=O) groups excluding carboxylic acids is 1. The van der Waals surface area contributed by atoms with Gasteiger partial charge in [0.25, 0.3) is 0 Å². The molecule has 1 fully saturated rings. The highest BCUT2D eigenvalue weighted by Crippen LogP contribution is 2.53. The van der Waals surface area contributed by atoms with Crippen molar-refractivity contribution in [3.8, 4) is 0 Å². The quantitative estimate of drug-likeness (QED) is 0.739. The van der Waals surface area contributed by atoms with Crippen molar-refractivity contribution >= 4 is 5.78 Å². The van der Waals surface area contributed by atoms with Crippen molar-refractivity contribution in [3.63, 3.8) is 0 Å². The third-order valence-electron chi connectivity index (χ3n) is 3.89. The Morgan fingerprint density at radius 1 is 1.27 bits per heavy atom. The molecule has 1 unspecified atom stereocenters. The van der Waals surface area contributed by atoms with E-state index in [0.717, 1.165) is 23.4 Å². The molecule has 0 radical (unpaired) electrons. The molecule has 15 heavy (non-hydrogen) atoms. The molecule has 1 aliphatic rings. The van der Waals surface area contributed by atoms with E-state index in [-0.39, 0.29) is 11.3 Å². The van der Waals surface area contributed by atoms with Crippen LogP contribution in [-0.2, 0) is 0 Å². The Morgan fingerprint density at radius 2 is 1.80 bits per heavy atom. The third kappa shape index (κ3) is 1.52. The van der Waals surface area contributed by atoms with Crippen molar-refractivity contribution in [1.29, 1.82) is 0 Å². The summed E-state index contributed by atoms with van der Waals surface area (Å²) in [6.07, 6.45) is 1.03. The summed E-state index contributed by atoms with van der Waals surface area (Å²) in [5.41, 5.74) is 4.52. The van der Waals surface area contributed by atoms with E-state index in [1.165, 1.54) is 5.56 Å². The average molecular weight is 205 g/mol. The Morgan fingerprint density at radius 3 is 2.13 bits per heavy atom. The molecule has 0 spiro atoms. The average Bonchev–Trinajstić information content (AvgIpc) is 2.72. The zero-order valence-corrected chi connectivity index (χ0v) is 10.2. The fraction of sp³-hybridized carbons (Fsp3) is 0.615. The van der Waals surface area contributed by atoms with Crippen LogP contribution in [0, 0.1) is 32.1 Å². The van der Waals surface area contributed by atoms with E-state index in [1.54, 1.807) is 0 Å². The summed E-state index contributed by atoms with van der Waals surface area (Å²) in [7, 11) is 0. The minimum absolute atomic E-state index is 0.219. The van der Waals surface area contributed by atoms with Gasteiger partial charge in [-0.05, 0) is 43.7 Å². The molecule has 2 heteroatoms. The molecule has 1 saturated carbocycles. The number of aromatic nitrogens is 1. The highest BCUT2D eigenvalue weighted by molar-refractivity contribution is 6.00. The van der Waals surface area contributed by atoms with Gasteiger partial charge in [-0.25, -0.2) is 0 Å². The monoisotopic (exact) mass is 205 g/mol. The predicted octanol–water partition coefficient (Wildman–Crippen LogP) is 3.17. The molecule has 0 saturated heterocycles. The van der Waals surface area contributed by atoms with Gasteiger partial charge in [-0.15, -0.1) is 0 Å². The summed E-state index contributed by atoms with van der Waals surface area (Å²) in [4.78, 5) is 15.4. The molecule has 0 amide bonds. The van der Waals surface area contributed by atoms with Gasteiger partial charge in [-0.3, -0.25) is 4.79 Å². The number of aryl methyl sites for hydroxylation is 1. The van der Waals surface area contributed by atoms with Crippen LogP contribution in [0.2, 0.25) is 0 Å². The second kappa shape index (κ2) is 2.97. The number of hydrogen-bond donors (Lipinski definition) is 1. The fourth-order valence-electron chi connectivity index (χ4n) is 2.18. The molecule has 1 atom stereocenters. The molecule has 82 valence electrons. The number of H-pyrrole nitrogens is 1. The number of nitrogens with one attached hydrogen (secondary N) is 1. The maximum absolute atomic E-state index is 12.2. The molecule has 1 aliphatic carbocycles. The zero-order chi connectivity index (χ0) is 11.4. The Bertz CT molecular complexity index is 426. The minimum atomic E-state index is 0.219. The molecule has 2 rings (SSSR count). The molecule has 1 aromatic heterocycles. The minimum Gasteiger partial charge on any atom is -0.356 e. The lowest BCUT2D eigenvalue weighted by Crippen LogP contribution is -2.08. The Hall–Kier alpha value is -1.05. The van der Waals surface area contributed by atoms with Gasteiger partial charge in [0, 0.05) is 11.6 Å². The summed E-state index contributed by atoms with van der Waals surface area (Å²) >= 11 is 0. The van der Waals surface area contributed by atoms with Gasteiger partial charge >= 0.3 is 0 Å². The second-order valence-corrected chi connectivity index (χ2v) is 5.48. The van der Waals surface area contributed by atoms with Crippen LogP contribution < -0.4 is 0 Å². The van der Waals surface area contributed by atoms with Crippen LogP contribution in [0.25, 0.3) is 0 Å². The Balaban J connectivity index is 2.31. The molecule has 1 N–H and O–H groups in total. The topological polar surface area (TPSA) is 32.9 Å². The van der Waals surface area contributed by atoms with Gasteiger partial charge < -0.3 is 4.98 Å². The van der Waals surface area contributed by atoms with E-state index < -0.39 is 0 Å². The Kier molecular flexibility index (Phi) is 2.07. The summed E-state index contributed by atoms with van der Waals surface area (Å²) in [5.74, 6) is 0.530. The van der Waals surface area contributed by atoms with Crippen molar-refractivity contribution in [3.05, 3.63) is 22.5 Å². The molecule has 0 aromatic carbocycles. The van der Waals surface area contributed by atoms with Gasteiger partial charge in [-0.1, -0.05) is 13.8 Å². The van der Waals surface area contributed by atoms with Crippen LogP contribution in [0.1, 0.15) is 47.6 Å². The number of hydrogen-bond acceptors (Lipinski definition) is 1. The van der Waals surface area contributed by atoms with E-state index >= 15 is 0 Å². The van der Waals surface area contributed by atoms with E-state index in [1.807, 2.05) is 13.8 Å². The van der Waals surface area contributed by atoms with E-state index in [9.17, 15) is 4.79 Å². The smallest absolute Gasteiger partial charge is 0.182 e. The first-order valence-electron chi connectivity index (χ1n) is 5.54. The van der Waals surface area contributed by atoms with E-state index in [0.29, 0.717) is 5.78 Å². The number of Topliss-reactive ketones (excluding diaryl/α,β-unsaturated/α-hetero) is 1. The second-order valence-electron chi connectivity index (χ2n) is 5.48. The van der Waals surface area contributed by atoms with E-state index in [4.69, 9.17) is 0 Å². The summed E-state index contributed by atoms with van der Waals surface area (Å²) in [6, 6.07) is 0. The lowest BCUT2D eigenvalue weighted by molar-refractivity contribution is 0.0948. The SMILES string of the molecule is Cc1[nH]c(C(=O)C2CC2(C)C)c(C)c1C. The zero-order valence-electron chi connectivity index (χ0n) is 10.2. The lowest BCUT2D eigenvalue weighted by atomic mass is 10.0. The normalized spacial score (nSPS) is 22.9. The van der Waals surface area contributed by atoms with Crippen molar-refractivity contribution in [2.75, 3.05) is 0 Å². The predicted molar refractivity (Wildman–Crippen MR) is 61.2 cm³/mol. The maximum Gasteiger partial charge on any atom is 0.182 e. The summed E-state index contributed by atoms with van der Waals surface area (Å²) in [6.45, 7) is 10.4. The van der Waals surface area contributed by atoms with E-state index in [2.05, 4.69) is 25.8 Å². The van der Waals surface area contributed by atoms with Crippen molar-refractivity contribution < 1.29 is 4.79 Å². The van der Waals surface area contributed by atoms with Crippen molar-refractivity contribution in [2.45, 2.75) is 41.0 Å². The van der Waals surface area contributed by atoms with Crippen LogP contribution >= 0.6 is 0 Å². The summed E-state index contributed by atoms with van der Waals surface area (Å²) < 4.78 is 0. The number of aromatic amines is 1. The van der Waals surface area contributed by atoms with Gasteiger partial charge in [0.05, 0.1) is 5.69 Å². The first-order valence-corrected chi connectivity index (χ1v) is 5.54. The number of carbonyl (C=O) groups is 1. The van der Waals surface area contributed by atoms with Crippen molar-refractivity contribution in [1.82, 2.24) is 4.98 Å². The first kappa shape index (κ1) is 10.5. The maximum atomic E-state index is 12.2. The molecular weight excluding hydrogens is 186 g/mol. The van der Waals surface area contributed by atoms with Crippen LogP contribution in [0.5, 0.6) is 0 Å². The highest BCUT2D eigenvalue weighted by Gasteiger charge is 2.51. The van der Waals surface area contributed by atoms with Crippen LogP contribution in [0.4, 0.5) is 0 Å². The first-order chi connectivity index (χ1) is 6.84. The largest absolute Gasteiger partial charge is 0.356 e. The number of rotatable bonds is 2. The van der Waals surface area contributed by atoms with Crippen LogP contribution in [-0.4, -0.2) is 10.8 Å². The van der Waals surface area contributed by atoms with Crippen LogP contribution in [0.15, 0.2) is 0 Å². The summed E-state index contributed by atoms with van der Waals surface area (Å²) in [5, 5.41) is 0. The molecule has 0 aliphatic heterocycles.